The number of rotatable bonds is 5. The van der Waals surface area contributed by atoms with Gasteiger partial charge in [0.1, 0.15) is 5.75 Å². The molecule has 1 atom stereocenters. The number of aryl methyl sites for hydroxylation is 1. The molecule has 1 aliphatic rings. The molecule has 154 valence electrons. The molecule has 0 fully saturated rings. The van der Waals surface area contributed by atoms with Gasteiger partial charge in [0.05, 0.1) is 29.9 Å². The van der Waals surface area contributed by atoms with Gasteiger partial charge in [-0.15, -0.1) is 0 Å². The van der Waals surface area contributed by atoms with Gasteiger partial charge in [-0.25, -0.2) is 4.68 Å². The lowest BCUT2D eigenvalue weighted by Gasteiger charge is -2.13. The van der Waals surface area contributed by atoms with Gasteiger partial charge >= 0.3 is 0 Å². The van der Waals surface area contributed by atoms with Crippen LogP contribution in [-0.4, -0.2) is 22.6 Å². The third kappa shape index (κ3) is 3.59. The molecule has 5 nitrogen and oxygen atoms in total. The Morgan fingerprint density at radius 3 is 2.23 bits per heavy atom. The summed E-state index contributed by atoms with van der Waals surface area (Å²) in [7, 11) is 1.67. The van der Waals surface area contributed by atoms with Gasteiger partial charge in [-0.1, -0.05) is 53.7 Å². The van der Waals surface area contributed by atoms with E-state index in [2.05, 4.69) is 29.4 Å². The van der Waals surface area contributed by atoms with E-state index in [-0.39, 0.29) is 6.10 Å². The zero-order chi connectivity index (χ0) is 21.2. The summed E-state index contributed by atoms with van der Waals surface area (Å²) < 4.78 is 7.27. The first-order chi connectivity index (χ1) is 15.2. The summed E-state index contributed by atoms with van der Waals surface area (Å²) in [6, 6.07) is 28.5. The van der Waals surface area contributed by atoms with Gasteiger partial charge in [0.15, 0.2) is 6.10 Å². The Labute approximate surface area is 181 Å². The van der Waals surface area contributed by atoms with Crippen LogP contribution >= 0.6 is 0 Å². The summed E-state index contributed by atoms with van der Waals surface area (Å²) in [5.41, 5.74) is 7.14. The summed E-state index contributed by atoms with van der Waals surface area (Å²) in [4.78, 5) is 5.96. The Hall–Kier alpha value is -3.86. The molecule has 0 spiro atoms. The maximum atomic E-state index is 5.96. The van der Waals surface area contributed by atoms with Crippen LogP contribution < -0.4 is 4.74 Å². The van der Waals surface area contributed by atoms with Crippen LogP contribution in [0.5, 0.6) is 5.75 Å². The van der Waals surface area contributed by atoms with Crippen LogP contribution in [0.25, 0.3) is 16.9 Å². The second-order valence-corrected chi connectivity index (χ2v) is 7.53. The van der Waals surface area contributed by atoms with Crippen molar-refractivity contribution < 1.29 is 9.57 Å². The number of para-hydroxylation sites is 1. The lowest BCUT2D eigenvalue weighted by Crippen LogP contribution is -2.05. The minimum atomic E-state index is -0.190. The number of nitrogens with zero attached hydrogens (tertiary/aromatic N) is 3. The molecule has 1 aliphatic heterocycles. The van der Waals surface area contributed by atoms with Crippen LogP contribution in [0.4, 0.5) is 0 Å². The molecule has 1 unspecified atom stereocenters. The van der Waals surface area contributed by atoms with Gasteiger partial charge in [0.2, 0.25) is 0 Å². The van der Waals surface area contributed by atoms with Crippen molar-refractivity contribution in [2.45, 2.75) is 19.4 Å². The van der Waals surface area contributed by atoms with E-state index < -0.39 is 0 Å². The van der Waals surface area contributed by atoms with Crippen molar-refractivity contribution in [1.82, 2.24) is 9.78 Å². The fourth-order valence-electron chi connectivity index (χ4n) is 4.04. The topological polar surface area (TPSA) is 48.6 Å². The molecule has 1 aromatic heterocycles. The van der Waals surface area contributed by atoms with Gasteiger partial charge in [-0.05, 0) is 48.9 Å². The molecule has 0 radical (unpaired) electrons. The average Bonchev–Trinajstić information content (AvgIpc) is 3.45. The molecular formula is C26H23N3O2. The normalized spacial score (nSPS) is 15.4. The minimum absolute atomic E-state index is 0.190. The third-order valence-corrected chi connectivity index (χ3v) is 5.57. The molecule has 3 aromatic carbocycles. The quantitative estimate of drug-likeness (QED) is 0.423. The maximum Gasteiger partial charge on any atom is 0.162 e. The largest absolute Gasteiger partial charge is 0.497 e. The van der Waals surface area contributed by atoms with Crippen LogP contribution in [-0.2, 0) is 4.84 Å². The Morgan fingerprint density at radius 1 is 0.871 bits per heavy atom. The second kappa shape index (κ2) is 8.11. The number of methoxy groups -OCH3 is 1. The highest BCUT2D eigenvalue weighted by atomic mass is 16.6. The fourth-order valence-corrected chi connectivity index (χ4v) is 4.04. The van der Waals surface area contributed by atoms with E-state index in [1.54, 1.807) is 7.11 Å². The van der Waals surface area contributed by atoms with Gasteiger partial charge < -0.3 is 9.57 Å². The molecule has 5 heteroatoms. The molecule has 0 saturated heterocycles. The fraction of sp³-hybridized carbons (Fsp3) is 0.154. The number of benzene rings is 3. The van der Waals surface area contributed by atoms with E-state index in [1.165, 1.54) is 0 Å². The first-order valence-electron chi connectivity index (χ1n) is 10.3. The molecule has 5 rings (SSSR count). The van der Waals surface area contributed by atoms with Crippen molar-refractivity contribution in [3.05, 3.63) is 102 Å². The standard InChI is InChI=1S/C26H23N3O2/c1-18-25(24-17-23(28-31-24)19-13-15-22(30-2)16-14-19)26(20-9-5-3-6-10-20)29(27-18)21-11-7-4-8-12-21/h3-16,24H,17H2,1-2H3. The van der Waals surface area contributed by atoms with E-state index in [0.29, 0.717) is 6.42 Å². The molecule has 0 amide bonds. The number of hydrogen-bond donors (Lipinski definition) is 0. The van der Waals surface area contributed by atoms with Crippen LogP contribution in [0, 0.1) is 6.92 Å². The number of hydrogen-bond acceptors (Lipinski definition) is 4. The smallest absolute Gasteiger partial charge is 0.162 e. The van der Waals surface area contributed by atoms with E-state index >= 15 is 0 Å². The summed E-state index contributed by atoms with van der Waals surface area (Å²) >= 11 is 0. The van der Waals surface area contributed by atoms with Crippen molar-refractivity contribution in [3.63, 3.8) is 0 Å². The third-order valence-electron chi connectivity index (χ3n) is 5.57. The molecule has 4 aromatic rings. The summed E-state index contributed by atoms with van der Waals surface area (Å²) in [6.07, 6.45) is 0.498. The molecule has 2 heterocycles. The molecule has 0 saturated carbocycles. The highest BCUT2D eigenvalue weighted by Gasteiger charge is 2.31. The SMILES string of the molecule is COc1ccc(C2=NOC(c3c(C)nn(-c4ccccc4)c3-c3ccccc3)C2)cc1. The van der Waals surface area contributed by atoms with Crippen LogP contribution in [0.1, 0.15) is 29.3 Å². The van der Waals surface area contributed by atoms with Crippen LogP contribution in [0.3, 0.4) is 0 Å². The zero-order valence-corrected chi connectivity index (χ0v) is 17.5. The Morgan fingerprint density at radius 2 is 1.55 bits per heavy atom. The van der Waals surface area contributed by atoms with E-state index in [4.69, 9.17) is 14.7 Å². The molecular weight excluding hydrogens is 386 g/mol. The highest BCUT2D eigenvalue weighted by molar-refractivity contribution is 6.01. The average molecular weight is 409 g/mol. The summed E-state index contributed by atoms with van der Waals surface area (Å²) in [6.45, 7) is 2.04. The second-order valence-electron chi connectivity index (χ2n) is 7.53. The Kier molecular flexibility index (Phi) is 5.00. The molecule has 0 bridgehead atoms. The first-order valence-corrected chi connectivity index (χ1v) is 10.3. The maximum absolute atomic E-state index is 5.96. The lowest BCUT2D eigenvalue weighted by molar-refractivity contribution is 0.0857. The van der Waals surface area contributed by atoms with Crippen molar-refractivity contribution in [1.29, 1.82) is 0 Å². The van der Waals surface area contributed by atoms with Crippen molar-refractivity contribution in [2.24, 2.45) is 5.16 Å². The highest BCUT2D eigenvalue weighted by Crippen LogP contribution is 2.39. The first kappa shape index (κ1) is 19.1. The predicted molar refractivity (Wildman–Crippen MR) is 122 cm³/mol. The van der Waals surface area contributed by atoms with Gasteiger partial charge in [0.25, 0.3) is 0 Å². The van der Waals surface area contributed by atoms with E-state index in [1.807, 2.05) is 72.3 Å². The van der Waals surface area contributed by atoms with E-state index in [9.17, 15) is 0 Å². The van der Waals surface area contributed by atoms with Crippen molar-refractivity contribution in [3.8, 4) is 22.7 Å². The molecule has 0 aliphatic carbocycles. The summed E-state index contributed by atoms with van der Waals surface area (Å²) in [5, 5.41) is 9.31. The van der Waals surface area contributed by atoms with Crippen LogP contribution in [0.15, 0.2) is 90.1 Å². The van der Waals surface area contributed by atoms with Gasteiger partial charge in [-0.2, -0.15) is 5.10 Å². The van der Waals surface area contributed by atoms with Crippen LogP contribution in [0.2, 0.25) is 0 Å². The van der Waals surface area contributed by atoms with Gasteiger partial charge in [-0.3, -0.25) is 0 Å². The summed E-state index contributed by atoms with van der Waals surface area (Å²) in [5.74, 6) is 0.825. The zero-order valence-electron chi connectivity index (χ0n) is 17.5. The van der Waals surface area contributed by atoms with Gasteiger partial charge in [0, 0.05) is 17.5 Å². The Bertz CT molecular complexity index is 1210. The van der Waals surface area contributed by atoms with Crippen molar-refractivity contribution in [2.75, 3.05) is 7.11 Å². The Balaban J connectivity index is 1.55. The number of aromatic nitrogens is 2. The molecule has 31 heavy (non-hydrogen) atoms. The predicted octanol–water partition coefficient (Wildman–Crippen LogP) is 5.72. The monoisotopic (exact) mass is 409 g/mol. The molecule has 0 N–H and O–H groups in total. The lowest BCUT2D eigenvalue weighted by atomic mass is 9.96. The minimum Gasteiger partial charge on any atom is -0.497 e. The number of oxime groups is 1. The van der Waals surface area contributed by atoms with E-state index in [0.717, 1.165) is 45.2 Å². The number of ether oxygens (including phenoxy) is 1. The van der Waals surface area contributed by atoms with Crippen molar-refractivity contribution >= 4 is 5.71 Å².